The Morgan fingerprint density at radius 2 is 1.76 bits per heavy atom. The summed E-state index contributed by atoms with van der Waals surface area (Å²) in [5, 5.41) is 1.66. The maximum atomic E-state index is 13.7. The zero-order valence-electron chi connectivity index (χ0n) is 20.9. The molecule has 2 aromatic carbocycles. The molecule has 1 aliphatic carbocycles. The zero-order chi connectivity index (χ0) is 27.0. The number of ether oxygens (including phenoxy) is 1. The second-order valence-corrected chi connectivity index (χ2v) is 10.4. The van der Waals surface area contributed by atoms with E-state index in [1.54, 1.807) is 25.2 Å². The number of carbonyl (C=O) groups is 3. The maximum absolute atomic E-state index is 13.7. The number of likely N-dealkylation sites (N-methyl/N-ethyl adjacent to an activating group) is 1. The number of rotatable bonds is 6. The number of hydroxylamine groups is 2. The van der Waals surface area contributed by atoms with Gasteiger partial charge in [-0.2, -0.15) is 0 Å². The van der Waals surface area contributed by atoms with Crippen LogP contribution in [0.25, 0.3) is 0 Å². The van der Waals surface area contributed by atoms with E-state index in [4.69, 9.17) is 21.2 Å². The van der Waals surface area contributed by atoms with Crippen LogP contribution in [0.4, 0.5) is 19.3 Å². The molecule has 3 aliphatic rings. The highest BCUT2D eigenvalue weighted by molar-refractivity contribution is 6.32. The number of carbonyl (C=O) groups excluding carboxylic acids is 3. The largest absolute Gasteiger partial charge is 0.492 e. The van der Waals surface area contributed by atoms with Crippen molar-refractivity contribution in [3.63, 3.8) is 0 Å². The molecule has 2 aromatic rings. The fourth-order valence-electron chi connectivity index (χ4n) is 5.34. The molecule has 2 heterocycles. The number of imide groups is 1. The molecule has 0 spiro atoms. The molecule has 3 fully saturated rings. The summed E-state index contributed by atoms with van der Waals surface area (Å²) < 4.78 is 33.5. The van der Waals surface area contributed by atoms with Gasteiger partial charge < -0.3 is 9.64 Å². The first-order valence-corrected chi connectivity index (χ1v) is 13.0. The number of amides is 4. The highest BCUT2D eigenvalue weighted by Crippen LogP contribution is 2.38. The van der Waals surface area contributed by atoms with Crippen LogP contribution in [0.1, 0.15) is 43.7 Å². The van der Waals surface area contributed by atoms with Crippen molar-refractivity contribution < 1.29 is 32.7 Å². The molecule has 0 aromatic heterocycles. The minimum Gasteiger partial charge on any atom is -0.492 e. The lowest BCUT2D eigenvalue weighted by molar-refractivity contribution is -0.183. The SMILES string of the molecule is CN1CC(=O)N(c2ccc(Cl)c(OCC3CCC(C(=O)N4OCC[C@H]4c4cc(F)cc(F)c4)CC3)c2)C1=O. The third kappa shape index (κ3) is 5.33. The Hall–Kier alpha value is -3.24. The van der Waals surface area contributed by atoms with Crippen LogP contribution in [-0.4, -0.2) is 54.6 Å². The maximum Gasteiger partial charge on any atom is 0.331 e. The predicted octanol–water partition coefficient (Wildman–Crippen LogP) is 5.11. The average molecular weight is 548 g/mol. The smallest absolute Gasteiger partial charge is 0.331 e. The highest BCUT2D eigenvalue weighted by Gasteiger charge is 2.38. The van der Waals surface area contributed by atoms with Gasteiger partial charge in [0.15, 0.2) is 0 Å². The molecule has 38 heavy (non-hydrogen) atoms. The summed E-state index contributed by atoms with van der Waals surface area (Å²) in [5.74, 6) is -1.53. The molecule has 0 radical (unpaired) electrons. The molecular formula is C27H28ClF2N3O5. The van der Waals surface area contributed by atoms with Crippen molar-refractivity contribution in [2.24, 2.45) is 11.8 Å². The first kappa shape index (κ1) is 26.4. The fourth-order valence-corrected chi connectivity index (χ4v) is 5.51. The van der Waals surface area contributed by atoms with Crippen LogP contribution >= 0.6 is 11.6 Å². The first-order chi connectivity index (χ1) is 18.2. The summed E-state index contributed by atoms with van der Waals surface area (Å²) in [5.41, 5.74) is 0.787. The molecule has 2 saturated heterocycles. The summed E-state index contributed by atoms with van der Waals surface area (Å²) in [4.78, 5) is 45.8. The molecule has 202 valence electrons. The number of benzene rings is 2. The van der Waals surface area contributed by atoms with Crippen LogP contribution < -0.4 is 9.64 Å². The molecule has 1 atom stereocenters. The van der Waals surface area contributed by atoms with E-state index in [1.807, 2.05) is 0 Å². The van der Waals surface area contributed by atoms with Crippen molar-refractivity contribution >= 4 is 35.1 Å². The molecular weight excluding hydrogens is 520 g/mol. The Balaban J connectivity index is 1.17. The number of nitrogens with zero attached hydrogens (tertiary/aromatic N) is 3. The van der Waals surface area contributed by atoms with E-state index >= 15 is 0 Å². The number of halogens is 3. The van der Waals surface area contributed by atoms with E-state index in [9.17, 15) is 23.2 Å². The predicted molar refractivity (Wildman–Crippen MR) is 134 cm³/mol. The average Bonchev–Trinajstić information content (AvgIpc) is 3.47. The minimum absolute atomic E-state index is 0.0158. The van der Waals surface area contributed by atoms with Gasteiger partial charge in [-0.1, -0.05) is 11.6 Å². The van der Waals surface area contributed by atoms with Gasteiger partial charge in [0, 0.05) is 31.5 Å². The van der Waals surface area contributed by atoms with E-state index in [2.05, 4.69) is 0 Å². The van der Waals surface area contributed by atoms with Gasteiger partial charge in [0.2, 0.25) is 5.91 Å². The minimum atomic E-state index is -0.684. The van der Waals surface area contributed by atoms with Crippen molar-refractivity contribution in [1.29, 1.82) is 0 Å². The van der Waals surface area contributed by atoms with Gasteiger partial charge in [-0.3, -0.25) is 14.4 Å². The second kappa shape index (κ2) is 10.9. The lowest BCUT2D eigenvalue weighted by atomic mass is 9.81. The Morgan fingerprint density at radius 1 is 1.05 bits per heavy atom. The first-order valence-electron chi connectivity index (χ1n) is 12.6. The summed E-state index contributed by atoms with van der Waals surface area (Å²) in [6.07, 6.45) is 3.23. The number of anilines is 1. The van der Waals surface area contributed by atoms with E-state index in [1.165, 1.54) is 22.1 Å². The Labute approximate surface area is 224 Å². The summed E-state index contributed by atoms with van der Waals surface area (Å²) in [6.45, 7) is 0.696. The normalized spacial score (nSPS) is 23.9. The van der Waals surface area contributed by atoms with E-state index < -0.39 is 23.7 Å². The van der Waals surface area contributed by atoms with E-state index in [0.29, 0.717) is 54.5 Å². The summed E-state index contributed by atoms with van der Waals surface area (Å²) in [7, 11) is 1.56. The second-order valence-electron chi connectivity index (χ2n) is 10.0. The standard InChI is InChI=1S/C27H28ClF2N3O5/c1-31-14-25(34)32(27(31)36)21-6-7-22(28)24(13-21)37-15-16-2-4-17(5-3-16)26(35)33-23(8-9-38-33)18-10-19(29)12-20(30)11-18/h6-7,10-13,16-17,23H,2-5,8-9,14-15H2,1H3/t16?,17?,23-/m0/s1. The van der Waals surface area contributed by atoms with E-state index in [-0.39, 0.29) is 30.2 Å². The number of hydrogen-bond donors (Lipinski definition) is 0. The van der Waals surface area contributed by atoms with Gasteiger partial charge in [-0.15, -0.1) is 0 Å². The monoisotopic (exact) mass is 547 g/mol. The lowest BCUT2D eigenvalue weighted by Gasteiger charge is -2.32. The molecule has 0 N–H and O–H groups in total. The Morgan fingerprint density at radius 3 is 2.42 bits per heavy atom. The highest BCUT2D eigenvalue weighted by atomic mass is 35.5. The van der Waals surface area contributed by atoms with Crippen molar-refractivity contribution in [3.05, 3.63) is 58.6 Å². The van der Waals surface area contributed by atoms with Crippen LogP contribution in [0.5, 0.6) is 5.75 Å². The molecule has 4 amide bonds. The number of urea groups is 1. The quantitative estimate of drug-likeness (QED) is 0.470. The van der Waals surface area contributed by atoms with Crippen molar-refractivity contribution in [3.8, 4) is 5.75 Å². The van der Waals surface area contributed by atoms with Crippen LogP contribution in [0.2, 0.25) is 5.02 Å². The molecule has 1 saturated carbocycles. The molecule has 11 heteroatoms. The van der Waals surface area contributed by atoms with Gasteiger partial charge >= 0.3 is 6.03 Å². The van der Waals surface area contributed by atoms with Crippen LogP contribution in [0.15, 0.2) is 36.4 Å². The van der Waals surface area contributed by atoms with Gasteiger partial charge in [0.25, 0.3) is 5.91 Å². The van der Waals surface area contributed by atoms with Crippen LogP contribution in [-0.2, 0) is 14.4 Å². The van der Waals surface area contributed by atoms with Gasteiger partial charge in [-0.05, 0) is 61.4 Å². The lowest BCUT2D eigenvalue weighted by Crippen LogP contribution is -2.37. The van der Waals surface area contributed by atoms with Gasteiger partial charge in [0.1, 0.15) is 23.9 Å². The van der Waals surface area contributed by atoms with Gasteiger partial charge in [0.05, 0.1) is 30.0 Å². The van der Waals surface area contributed by atoms with Gasteiger partial charge in [-0.25, -0.2) is 23.5 Å². The molecule has 5 rings (SSSR count). The van der Waals surface area contributed by atoms with Crippen LogP contribution in [0, 0.1) is 23.5 Å². The van der Waals surface area contributed by atoms with E-state index in [0.717, 1.165) is 23.8 Å². The molecule has 0 bridgehead atoms. The summed E-state index contributed by atoms with van der Waals surface area (Å²) in [6, 6.07) is 7.16. The Bertz CT molecular complexity index is 1230. The molecule has 8 nitrogen and oxygen atoms in total. The molecule has 0 unspecified atom stereocenters. The molecule has 2 aliphatic heterocycles. The van der Waals surface area contributed by atoms with Crippen molar-refractivity contribution in [2.45, 2.75) is 38.1 Å². The third-order valence-electron chi connectivity index (χ3n) is 7.37. The summed E-state index contributed by atoms with van der Waals surface area (Å²) >= 11 is 6.31. The fraction of sp³-hybridized carbons (Fsp3) is 0.444. The van der Waals surface area contributed by atoms with Crippen molar-refractivity contribution in [2.75, 3.05) is 31.7 Å². The zero-order valence-corrected chi connectivity index (χ0v) is 21.6. The van der Waals surface area contributed by atoms with Crippen molar-refractivity contribution in [1.82, 2.24) is 9.96 Å². The van der Waals surface area contributed by atoms with Crippen LogP contribution in [0.3, 0.4) is 0 Å². The topological polar surface area (TPSA) is 79.4 Å². The third-order valence-corrected chi connectivity index (χ3v) is 7.69. The number of hydrogen-bond acceptors (Lipinski definition) is 5. The Kier molecular flexibility index (Phi) is 7.54.